The van der Waals surface area contributed by atoms with E-state index in [1.165, 1.54) is 12.1 Å². The van der Waals surface area contributed by atoms with Crippen molar-refractivity contribution >= 4 is 27.5 Å². The van der Waals surface area contributed by atoms with Gasteiger partial charge in [0.2, 0.25) is 15.9 Å². The molecule has 2 N–H and O–H groups in total. The summed E-state index contributed by atoms with van der Waals surface area (Å²) in [5.74, 6) is 1.04. The zero-order chi connectivity index (χ0) is 19.7. The normalized spacial score (nSPS) is 11.0. The number of sulfonamides is 1. The van der Waals surface area contributed by atoms with Crippen LogP contribution in [0.2, 0.25) is 5.02 Å². The van der Waals surface area contributed by atoms with Crippen molar-refractivity contribution in [2.45, 2.75) is 11.3 Å². The van der Waals surface area contributed by atoms with Crippen LogP contribution in [0.5, 0.6) is 11.5 Å². The Morgan fingerprint density at radius 1 is 1.07 bits per heavy atom. The Balaban J connectivity index is 1.67. The smallest absolute Gasteiger partial charge is 0.240 e. The Hall–Kier alpha value is -2.29. The minimum Gasteiger partial charge on any atom is -0.497 e. The second-order valence-electron chi connectivity index (χ2n) is 5.48. The fraction of sp³-hybridized carbons (Fsp3) is 0.278. The van der Waals surface area contributed by atoms with Crippen molar-refractivity contribution < 1.29 is 22.7 Å². The molecule has 146 valence electrons. The van der Waals surface area contributed by atoms with E-state index in [4.69, 9.17) is 21.1 Å². The van der Waals surface area contributed by atoms with Crippen LogP contribution in [0.4, 0.5) is 0 Å². The molecule has 0 unspecified atom stereocenters. The number of benzene rings is 2. The Morgan fingerprint density at radius 2 is 1.81 bits per heavy atom. The van der Waals surface area contributed by atoms with E-state index < -0.39 is 10.0 Å². The van der Waals surface area contributed by atoms with Gasteiger partial charge in [0.15, 0.2) is 0 Å². The maximum Gasteiger partial charge on any atom is 0.240 e. The lowest BCUT2D eigenvalue weighted by molar-refractivity contribution is -0.121. The van der Waals surface area contributed by atoms with E-state index in [1.807, 2.05) is 0 Å². The molecule has 2 aromatic carbocycles. The van der Waals surface area contributed by atoms with Crippen LogP contribution in [-0.2, 0) is 14.8 Å². The van der Waals surface area contributed by atoms with Crippen molar-refractivity contribution in [3.8, 4) is 11.5 Å². The van der Waals surface area contributed by atoms with Crippen LogP contribution >= 0.6 is 11.6 Å². The minimum atomic E-state index is -3.70. The first kappa shape index (κ1) is 21.0. The van der Waals surface area contributed by atoms with Crippen LogP contribution in [0.15, 0.2) is 53.4 Å². The molecular weight excluding hydrogens is 392 g/mol. The molecule has 0 saturated heterocycles. The highest BCUT2D eigenvalue weighted by molar-refractivity contribution is 7.89. The summed E-state index contributed by atoms with van der Waals surface area (Å²) in [4.78, 5) is 11.8. The third-order valence-corrected chi connectivity index (χ3v) is 5.18. The largest absolute Gasteiger partial charge is 0.497 e. The lowest BCUT2D eigenvalue weighted by Gasteiger charge is -2.09. The first-order valence-electron chi connectivity index (χ1n) is 8.19. The number of methoxy groups -OCH3 is 1. The molecule has 0 aliphatic rings. The Kier molecular flexibility index (Phi) is 7.90. The standard InChI is InChI=1S/C18H21ClN2O5S/c1-25-15-5-3-6-16(13-15)26-11-10-20-18(22)8-9-21-27(23,24)17-7-2-4-14(19)12-17/h2-7,12-13,21H,8-11H2,1H3,(H,20,22). The van der Waals surface area contributed by atoms with Crippen LogP contribution in [0.25, 0.3) is 0 Å². The molecule has 2 rings (SSSR count). The quantitative estimate of drug-likeness (QED) is 0.583. The molecule has 0 aliphatic heterocycles. The van der Waals surface area contributed by atoms with E-state index in [1.54, 1.807) is 43.5 Å². The van der Waals surface area contributed by atoms with Crippen molar-refractivity contribution in [2.75, 3.05) is 26.8 Å². The molecule has 0 aliphatic carbocycles. The first-order chi connectivity index (χ1) is 12.9. The molecule has 0 bridgehead atoms. The molecule has 7 nitrogen and oxygen atoms in total. The number of ether oxygens (including phenoxy) is 2. The highest BCUT2D eigenvalue weighted by atomic mass is 35.5. The zero-order valence-electron chi connectivity index (χ0n) is 14.8. The summed E-state index contributed by atoms with van der Waals surface area (Å²) in [5.41, 5.74) is 0. The third kappa shape index (κ3) is 7.09. The van der Waals surface area contributed by atoms with Gasteiger partial charge in [-0.25, -0.2) is 13.1 Å². The van der Waals surface area contributed by atoms with E-state index in [2.05, 4.69) is 10.0 Å². The van der Waals surface area contributed by atoms with Gasteiger partial charge in [0.1, 0.15) is 18.1 Å². The van der Waals surface area contributed by atoms with Crippen molar-refractivity contribution in [3.63, 3.8) is 0 Å². The SMILES string of the molecule is COc1cccc(OCCNC(=O)CCNS(=O)(=O)c2cccc(Cl)c2)c1. The Morgan fingerprint density at radius 3 is 2.56 bits per heavy atom. The van der Waals surface area contributed by atoms with Crippen molar-refractivity contribution in [3.05, 3.63) is 53.6 Å². The molecule has 0 heterocycles. The van der Waals surface area contributed by atoms with E-state index in [0.717, 1.165) is 0 Å². The molecule has 0 radical (unpaired) electrons. The van der Waals surface area contributed by atoms with Crippen LogP contribution in [0, 0.1) is 0 Å². The summed E-state index contributed by atoms with van der Waals surface area (Å²) < 4.78 is 37.2. The molecule has 9 heteroatoms. The number of hydrogen-bond donors (Lipinski definition) is 2. The second-order valence-corrected chi connectivity index (χ2v) is 7.69. The van der Waals surface area contributed by atoms with Gasteiger partial charge in [-0.1, -0.05) is 23.7 Å². The topological polar surface area (TPSA) is 93.7 Å². The van der Waals surface area contributed by atoms with Gasteiger partial charge in [0, 0.05) is 24.1 Å². The van der Waals surface area contributed by atoms with Crippen molar-refractivity contribution in [2.24, 2.45) is 0 Å². The molecule has 27 heavy (non-hydrogen) atoms. The predicted molar refractivity (Wildman–Crippen MR) is 103 cm³/mol. The molecule has 0 aromatic heterocycles. The average molecular weight is 413 g/mol. The predicted octanol–water partition coefficient (Wildman–Crippen LogP) is 2.21. The van der Waals surface area contributed by atoms with Gasteiger partial charge in [0.25, 0.3) is 0 Å². The van der Waals surface area contributed by atoms with Gasteiger partial charge in [0.05, 0.1) is 18.6 Å². The summed E-state index contributed by atoms with van der Waals surface area (Å²) in [6.07, 6.45) is 0.0129. The highest BCUT2D eigenvalue weighted by Crippen LogP contribution is 2.18. The highest BCUT2D eigenvalue weighted by Gasteiger charge is 2.14. The van der Waals surface area contributed by atoms with E-state index in [-0.39, 0.29) is 30.4 Å². The number of carbonyl (C=O) groups is 1. The van der Waals surface area contributed by atoms with Gasteiger partial charge in [-0.2, -0.15) is 0 Å². The van der Waals surface area contributed by atoms with E-state index in [0.29, 0.717) is 23.1 Å². The van der Waals surface area contributed by atoms with Crippen LogP contribution in [0.1, 0.15) is 6.42 Å². The maximum absolute atomic E-state index is 12.1. The number of halogens is 1. The number of carbonyl (C=O) groups excluding carboxylic acids is 1. The van der Waals surface area contributed by atoms with Gasteiger partial charge < -0.3 is 14.8 Å². The first-order valence-corrected chi connectivity index (χ1v) is 10.1. The molecule has 2 aromatic rings. The summed E-state index contributed by atoms with van der Waals surface area (Å²) in [5, 5.41) is 2.99. The summed E-state index contributed by atoms with van der Waals surface area (Å²) >= 11 is 5.79. The van der Waals surface area contributed by atoms with Gasteiger partial charge >= 0.3 is 0 Å². The Labute approximate surface area is 163 Å². The molecule has 0 saturated carbocycles. The fourth-order valence-electron chi connectivity index (χ4n) is 2.16. The van der Waals surface area contributed by atoms with Gasteiger partial charge in [-0.3, -0.25) is 4.79 Å². The number of amides is 1. The van der Waals surface area contributed by atoms with E-state index >= 15 is 0 Å². The zero-order valence-corrected chi connectivity index (χ0v) is 16.3. The minimum absolute atomic E-state index is 0.0129. The van der Waals surface area contributed by atoms with Gasteiger partial charge in [-0.05, 0) is 30.3 Å². The van der Waals surface area contributed by atoms with Crippen LogP contribution in [0.3, 0.4) is 0 Å². The molecule has 1 amide bonds. The average Bonchev–Trinajstić information content (AvgIpc) is 2.65. The van der Waals surface area contributed by atoms with E-state index in [9.17, 15) is 13.2 Å². The second kappa shape index (κ2) is 10.1. The lowest BCUT2D eigenvalue weighted by Crippen LogP contribution is -2.32. The summed E-state index contributed by atoms with van der Waals surface area (Å²) in [7, 11) is -2.13. The van der Waals surface area contributed by atoms with Crippen LogP contribution in [-0.4, -0.2) is 41.1 Å². The monoisotopic (exact) mass is 412 g/mol. The summed E-state index contributed by atoms with van der Waals surface area (Å²) in [6.45, 7) is 0.571. The van der Waals surface area contributed by atoms with Crippen LogP contribution < -0.4 is 19.5 Å². The van der Waals surface area contributed by atoms with Crippen molar-refractivity contribution in [1.29, 1.82) is 0 Å². The number of nitrogens with one attached hydrogen (secondary N) is 2. The van der Waals surface area contributed by atoms with Crippen molar-refractivity contribution in [1.82, 2.24) is 10.0 Å². The van der Waals surface area contributed by atoms with Gasteiger partial charge in [-0.15, -0.1) is 0 Å². The molecule has 0 spiro atoms. The number of rotatable bonds is 10. The fourth-order valence-corrected chi connectivity index (χ4v) is 3.49. The molecular formula is C18H21ClN2O5S. The summed E-state index contributed by atoms with van der Waals surface area (Å²) in [6, 6.07) is 13.1. The Bertz CT molecular complexity index is 874. The maximum atomic E-state index is 12.1. The third-order valence-electron chi connectivity index (χ3n) is 3.48. The number of hydrogen-bond acceptors (Lipinski definition) is 5. The lowest BCUT2D eigenvalue weighted by atomic mass is 10.3. The molecule has 0 atom stereocenters. The molecule has 0 fully saturated rings.